The molecule has 1 amide bonds. The van der Waals surface area contributed by atoms with Crippen molar-refractivity contribution in [1.29, 1.82) is 0 Å². The Morgan fingerprint density at radius 3 is 2.68 bits per heavy atom. The van der Waals surface area contributed by atoms with Crippen molar-refractivity contribution in [1.82, 2.24) is 0 Å². The van der Waals surface area contributed by atoms with E-state index in [0.717, 1.165) is 5.56 Å². The van der Waals surface area contributed by atoms with Gasteiger partial charge in [0.05, 0.1) is 17.1 Å². The number of thioether (sulfide) groups is 1. The monoisotopic (exact) mass is 275 g/mol. The van der Waals surface area contributed by atoms with Crippen LogP contribution in [0.5, 0.6) is 0 Å². The van der Waals surface area contributed by atoms with E-state index in [1.807, 2.05) is 31.2 Å². The Balaban J connectivity index is 2.06. The number of nitrogens with zero attached hydrogens (tertiary/aromatic N) is 1. The summed E-state index contributed by atoms with van der Waals surface area (Å²) < 4.78 is 4.50. The summed E-state index contributed by atoms with van der Waals surface area (Å²) in [7, 11) is 1.28. The summed E-state index contributed by atoms with van der Waals surface area (Å²) in [5, 5.41) is 0.698. The minimum Gasteiger partial charge on any atom is -0.466 e. The van der Waals surface area contributed by atoms with E-state index in [2.05, 4.69) is 9.73 Å². The fourth-order valence-electron chi connectivity index (χ4n) is 1.58. The maximum absolute atomic E-state index is 11.6. The van der Waals surface area contributed by atoms with E-state index in [1.165, 1.54) is 30.5 Å². The van der Waals surface area contributed by atoms with Crippen LogP contribution in [0, 0.1) is 6.92 Å². The molecule has 5 heteroatoms. The Kier molecular flexibility index (Phi) is 4.16. The number of ether oxygens (including phenoxy) is 1. The van der Waals surface area contributed by atoms with Crippen LogP contribution in [0.2, 0.25) is 0 Å². The van der Waals surface area contributed by atoms with Gasteiger partial charge in [0.1, 0.15) is 0 Å². The molecule has 98 valence electrons. The third kappa shape index (κ3) is 3.54. The van der Waals surface area contributed by atoms with Crippen LogP contribution < -0.4 is 0 Å². The number of benzene rings is 1. The number of amides is 1. The van der Waals surface area contributed by atoms with Crippen LogP contribution in [0.25, 0.3) is 0 Å². The van der Waals surface area contributed by atoms with E-state index in [9.17, 15) is 9.59 Å². The molecule has 4 nitrogen and oxygen atoms in total. The maximum atomic E-state index is 11.6. The predicted molar refractivity (Wildman–Crippen MR) is 75.0 cm³/mol. The van der Waals surface area contributed by atoms with Gasteiger partial charge in [0, 0.05) is 12.5 Å². The first-order valence-corrected chi connectivity index (χ1v) is 6.55. The molecule has 2 rings (SSSR count). The molecule has 0 bridgehead atoms. The van der Waals surface area contributed by atoms with E-state index in [1.54, 1.807) is 0 Å². The Morgan fingerprint density at radius 2 is 2.05 bits per heavy atom. The molecule has 1 aromatic rings. The van der Waals surface area contributed by atoms with Crippen LogP contribution in [0.4, 0.5) is 0 Å². The highest BCUT2D eigenvalue weighted by Crippen LogP contribution is 2.28. The Bertz CT molecular complexity index is 573. The number of hydrogen-bond donors (Lipinski definition) is 0. The van der Waals surface area contributed by atoms with Crippen molar-refractivity contribution in [3.63, 3.8) is 0 Å². The number of rotatable bonds is 3. The molecule has 0 saturated carbocycles. The zero-order chi connectivity index (χ0) is 13.8. The van der Waals surface area contributed by atoms with Gasteiger partial charge in [-0.15, -0.1) is 0 Å². The topological polar surface area (TPSA) is 55.7 Å². The van der Waals surface area contributed by atoms with E-state index < -0.39 is 5.97 Å². The van der Waals surface area contributed by atoms with E-state index in [-0.39, 0.29) is 5.91 Å². The first-order valence-electron chi connectivity index (χ1n) is 5.73. The SMILES string of the molecule is COC(=O)/C=C1\SC(Cc2ccc(C)cc2)=NC1=O. The van der Waals surface area contributed by atoms with Crippen LogP contribution in [0.1, 0.15) is 11.1 Å². The van der Waals surface area contributed by atoms with Gasteiger partial charge in [0.2, 0.25) is 0 Å². The summed E-state index contributed by atoms with van der Waals surface area (Å²) in [4.78, 5) is 27.0. The fraction of sp³-hybridized carbons (Fsp3) is 0.214. The summed E-state index contributed by atoms with van der Waals surface area (Å²) in [5.41, 5.74) is 2.27. The van der Waals surface area contributed by atoms with Crippen LogP contribution in [0.15, 0.2) is 40.2 Å². The zero-order valence-corrected chi connectivity index (χ0v) is 11.5. The smallest absolute Gasteiger partial charge is 0.331 e. The molecule has 19 heavy (non-hydrogen) atoms. The largest absolute Gasteiger partial charge is 0.466 e. The van der Waals surface area contributed by atoms with Crippen LogP contribution in [0.3, 0.4) is 0 Å². The molecule has 1 aliphatic heterocycles. The zero-order valence-electron chi connectivity index (χ0n) is 10.7. The van der Waals surface area contributed by atoms with Crippen LogP contribution in [-0.2, 0) is 20.7 Å². The summed E-state index contributed by atoms with van der Waals surface area (Å²) in [6, 6.07) is 8.04. The van der Waals surface area contributed by atoms with E-state index in [0.29, 0.717) is 16.4 Å². The molecule has 0 saturated heterocycles. The van der Waals surface area contributed by atoms with Crippen molar-refractivity contribution in [3.05, 3.63) is 46.4 Å². The summed E-state index contributed by atoms with van der Waals surface area (Å²) in [5.74, 6) is -0.917. The number of esters is 1. The lowest BCUT2D eigenvalue weighted by atomic mass is 10.1. The lowest BCUT2D eigenvalue weighted by molar-refractivity contribution is -0.135. The molecule has 0 atom stereocenters. The van der Waals surface area contributed by atoms with Gasteiger partial charge in [-0.3, -0.25) is 4.79 Å². The third-order valence-corrected chi connectivity index (χ3v) is 3.57. The fourth-order valence-corrected chi connectivity index (χ4v) is 2.48. The van der Waals surface area contributed by atoms with Crippen LogP contribution >= 0.6 is 11.8 Å². The summed E-state index contributed by atoms with van der Waals surface area (Å²) in [6.07, 6.45) is 1.77. The molecular formula is C14H13NO3S. The number of aryl methyl sites for hydroxylation is 1. The highest BCUT2D eigenvalue weighted by molar-refractivity contribution is 8.18. The van der Waals surface area contributed by atoms with E-state index >= 15 is 0 Å². The van der Waals surface area contributed by atoms with Crippen molar-refractivity contribution in [2.45, 2.75) is 13.3 Å². The Morgan fingerprint density at radius 1 is 1.37 bits per heavy atom. The van der Waals surface area contributed by atoms with Gasteiger partial charge in [-0.25, -0.2) is 9.79 Å². The van der Waals surface area contributed by atoms with Crippen molar-refractivity contribution in [2.75, 3.05) is 7.11 Å². The first-order chi connectivity index (χ1) is 9.08. The highest BCUT2D eigenvalue weighted by atomic mass is 32.2. The molecule has 0 unspecified atom stereocenters. The molecule has 0 aromatic heterocycles. The average Bonchev–Trinajstić information content (AvgIpc) is 2.72. The minimum absolute atomic E-state index is 0.314. The molecule has 0 spiro atoms. The number of methoxy groups -OCH3 is 1. The second kappa shape index (κ2) is 5.84. The third-order valence-electron chi connectivity index (χ3n) is 2.59. The average molecular weight is 275 g/mol. The quantitative estimate of drug-likeness (QED) is 0.627. The Hall–Kier alpha value is -1.88. The van der Waals surface area contributed by atoms with Gasteiger partial charge in [0.15, 0.2) is 0 Å². The Labute approximate surface area is 115 Å². The number of carbonyl (C=O) groups is 2. The van der Waals surface area contributed by atoms with Gasteiger partial charge >= 0.3 is 5.97 Å². The van der Waals surface area contributed by atoms with E-state index in [4.69, 9.17) is 0 Å². The van der Waals surface area contributed by atoms with Gasteiger partial charge in [-0.1, -0.05) is 41.6 Å². The molecule has 1 heterocycles. The molecule has 0 radical (unpaired) electrons. The van der Waals surface area contributed by atoms with Crippen molar-refractivity contribution >= 4 is 28.7 Å². The number of aliphatic imine (C=N–C) groups is 1. The standard InChI is InChI=1S/C14H13NO3S/c1-9-3-5-10(6-4-9)7-12-15-14(17)11(19-12)8-13(16)18-2/h3-6,8H,7H2,1-2H3/b11-8-. The molecule has 0 aliphatic carbocycles. The number of hydrogen-bond acceptors (Lipinski definition) is 4. The van der Waals surface area contributed by atoms with Gasteiger partial charge < -0.3 is 4.74 Å². The lowest BCUT2D eigenvalue weighted by Gasteiger charge is -2.00. The summed E-state index contributed by atoms with van der Waals surface area (Å²) >= 11 is 1.22. The van der Waals surface area contributed by atoms with Gasteiger partial charge in [0.25, 0.3) is 5.91 Å². The normalized spacial score (nSPS) is 16.6. The minimum atomic E-state index is -0.539. The number of carbonyl (C=O) groups excluding carboxylic acids is 2. The molecular weight excluding hydrogens is 262 g/mol. The summed E-state index contributed by atoms with van der Waals surface area (Å²) in [6.45, 7) is 2.02. The second-order valence-electron chi connectivity index (χ2n) is 4.11. The van der Waals surface area contributed by atoms with Crippen molar-refractivity contribution < 1.29 is 14.3 Å². The van der Waals surface area contributed by atoms with Gasteiger partial charge in [-0.05, 0) is 12.5 Å². The first kappa shape index (κ1) is 13.5. The molecule has 0 fully saturated rings. The van der Waals surface area contributed by atoms with Crippen molar-refractivity contribution in [2.24, 2.45) is 4.99 Å². The predicted octanol–water partition coefficient (Wildman–Crippen LogP) is 2.27. The molecule has 0 N–H and O–H groups in total. The maximum Gasteiger partial charge on any atom is 0.331 e. The van der Waals surface area contributed by atoms with Gasteiger partial charge in [-0.2, -0.15) is 0 Å². The highest BCUT2D eigenvalue weighted by Gasteiger charge is 2.22. The lowest BCUT2D eigenvalue weighted by Crippen LogP contribution is -1.98. The second-order valence-corrected chi connectivity index (χ2v) is 5.22. The molecule has 1 aliphatic rings. The van der Waals surface area contributed by atoms with Crippen molar-refractivity contribution in [3.8, 4) is 0 Å². The van der Waals surface area contributed by atoms with Crippen LogP contribution in [-0.4, -0.2) is 24.0 Å². The molecule has 1 aromatic carbocycles.